The van der Waals surface area contributed by atoms with Crippen molar-refractivity contribution >= 4 is 6.03 Å². The van der Waals surface area contributed by atoms with Crippen molar-refractivity contribution in [2.45, 2.75) is 19.4 Å². The van der Waals surface area contributed by atoms with E-state index in [1.165, 1.54) is 0 Å². The van der Waals surface area contributed by atoms with Crippen LogP contribution in [0.1, 0.15) is 18.1 Å². The van der Waals surface area contributed by atoms with Crippen molar-refractivity contribution in [1.82, 2.24) is 15.1 Å². The Bertz CT molecular complexity index is 637. The molecule has 2 aliphatic rings. The van der Waals surface area contributed by atoms with Crippen LogP contribution in [0.2, 0.25) is 0 Å². The molecule has 0 saturated carbocycles. The molecule has 0 aromatic heterocycles. The third-order valence-corrected chi connectivity index (χ3v) is 5.12. The van der Waals surface area contributed by atoms with Crippen LogP contribution >= 0.6 is 0 Å². The summed E-state index contributed by atoms with van der Waals surface area (Å²) in [4.78, 5) is 16.8. The van der Waals surface area contributed by atoms with Crippen molar-refractivity contribution in [3.8, 4) is 6.07 Å². The van der Waals surface area contributed by atoms with Crippen molar-refractivity contribution in [1.29, 1.82) is 5.26 Å². The van der Waals surface area contributed by atoms with Crippen LogP contribution in [-0.2, 0) is 11.2 Å². The Balaban J connectivity index is 1.46. The summed E-state index contributed by atoms with van der Waals surface area (Å²) in [6.45, 7) is 7.89. The van der Waals surface area contributed by atoms with Crippen LogP contribution in [0, 0.1) is 17.2 Å². The van der Waals surface area contributed by atoms with E-state index in [2.05, 4.69) is 23.2 Å². The third-order valence-electron chi connectivity index (χ3n) is 5.12. The molecule has 2 aliphatic heterocycles. The van der Waals surface area contributed by atoms with Gasteiger partial charge in [-0.15, -0.1) is 0 Å². The molecular weight excluding hydrogens is 316 g/mol. The average molecular weight is 342 g/mol. The fraction of sp³-hybridized carbons (Fsp3) is 0.579. The Morgan fingerprint density at radius 1 is 1.36 bits per heavy atom. The number of urea groups is 1. The molecule has 134 valence electrons. The zero-order valence-electron chi connectivity index (χ0n) is 14.8. The highest BCUT2D eigenvalue weighted by molar-refractivity contribution is 5.74. The van der Waals surface area contributed by atoms with E-state index in [-0.39, 0.29) is 6.03 Å². The smallest absolute Gasteiger partial charge is 0.317 e. The lowest BCUT2D eigenvalue weighted by molar-refractivity contribution is 0.0123. The van der Waals surface area contributed by atoms with Crippen molar-refractivity contribution < 1.29 is 9.53 Å². The van der Waals surface area contributed by atoms with Gasteiger partial charge in [0.1, 0.15) is 0 Å². The summed E-state index contributed by atoms with van der Waals surface area (Å²) in [6, 6.07) is 10.1. The Morgan fingerprint density at radius 3 is 2.92 bits per heavy atom. The number of amides is 2. The van der Waals surface area contributed by atoms with Gasteiger partial charge in [-0.25, -0.2) is 4.79 Å². The SMILES string of the molecule is C[C@@H]1CN(C(=O)NCCc2cccc(C#N)c2)C[C@@H]1N1CCOCC1. The van der Waals surface area contributed by atoms with Gasteiger partial charge in [0.15, 0.2) is 0 Å². The maximum Gasteiger partial charge on any atom is 0.317 e. The molecule has 2 heterocycles. The van der Waals surface area contributed by atoms with Gasteiger partial charge in [0.25, 0.3) is 0 Å². The molecular formula is C19H26N4O2. The van der Waals surface area contributed by atoms with E-state index in [1.54, 1.807) is 6.07 Å². The maximum atomic E-state index is 12.5. The number of ether oxygens (including phenoxy) is 1. The standard InChI is InChI=1S/C19H26N4O2/c1-15-13-23(14-18(15)22-7-9-25-10-8-22)19(24)21-6-5-16-3-2-4-17(11-16)12-20/h2-4,11,15,18H,5-10,13-14H2,1H3,(H,21,24)/t15-,18+/m1/s1. The van der Waals surface area contributed by atoms with Crippen molar-refractivity contribution in [2.75, 3.05) is 45.9 Å². The highest BCUT2D eigenvalue weighted by Crippen LogP contribution is 2.22. The second kappa shape index (κ2) is 8.32. The monoisotopic (exact) mass is 342 g/mol. The molecule has 2 atom stereocenters. The van der Waals surface area contributed by atoms with Gasteiger partial charge < -0.3 is 15.0 Å². The van der Waals surface area contributed by atoms with Gasteiger partial charge in [-0.3, -0.25) is 4.90 Å². The number of benzene rings is 1. The van der Waals surface area contributed by atoms with E-state index in [0.29, 0.717) is 24.1 Å². The van der Waals surface area contributed by atoms with Crippen molar-refractivity contribution in [3.05, 3.63) is 35.4 Å². The van der Waals surface area contributed by atoms with Crippen LogP contribution in [-0.4, -0.2) is 67.8 Å². The molecule has 25 heavy (non-hydrogen) atoms. The zero-order chi connectivity index (χ0) is 17.6. The highest BCUT2D eigenvalue weighted by atomic mass is 16.5. The summed E-state index contributed by atoms with van der Waals surface area (Å²) in [5, 5.41) is 12.0. The molecule has 1 aromatic carbocycles. The average Bonchev–Trinajstić information content (AvgIpc) is 3.04. The predicted molar refractivity (Wildman–Crippen MR) is 95.2 cm³/mol. The number of carbonyl (C=O) groups is 1. The molecule has 6 nitrogen and oxygen atoms in total. The lowest BCUT2D eigenvalue weighted by Crippen LogP contribution is -2.47. The number of rotatable bonds is 4. The number of nitriles is 1. The van der Waals surface area contributed by atoms with Gasteiger partial charge in [0.05, 0.1) is 24.8 Å². The molecule has 0 bridgehead atoms. The van der Waals surface area contributed by atoms with E-state index in [0.717, 1.165) is 51.4 Å². The number of nitrogens with zero attached hydrogens (tertiary/aromatic N) is 3. The van der Waals surface area contributed by atoms with Crippen molar-refractivity contribution in [3.63, 3.8) is 0 Å². The van der Waals surface area contributed by atoms with Crippen LogP contribution in [0.15, 0.2) is 24.3 Å². The highest BCUT2D eigenvalue weighted by Gasteiger charge is 2.36. The molecule has 1 aromatic rings. The van der Waals surface area contributed by atoms with Crippen molar-refractivity contribution in [2.24, 2.45) is 5.92 Å². The summed E-state index contributed by atoms with van der Waals surface area (Å²) in [5.41, 5.74) is 1.73. The quantitative estimate of drug-likeness (QED) is 0.899. The summed E-state index contributed by atoms with van der Waals surface area (Å²) >= 11 is 0. The lowest BCUT2D eigenvalue weighted by Gasteiger charge is -2.33. The van der Waals surface area contributed by atoms with Gasteiger partial charge in [0.2, 0.25) is 0 Å². The zero-order valence-corrected chi connectivity index (χ0v) is 14.8. The van der Waals surface area contributed by atoms with Gasteiger partial charge in [-0.1, -0.05) is 19.1 Å². The summed E-state index contributed by atoms with van der Waals surface area (Å²) in [6.07, 6.45) is 0.734. The normalized spacial score (nSPS) is 24.1. The second-order valence-corrected chi connectivity index (χ2v) is 6.89. The number of morpholine rings is 1. The van der Waals surface area contributed by atoms with E-state index in [4.69, 9.17) is 10.00 Å². The van der Waals surface area contributed by atoms with Crippen LogP contribution in [0.4, 0.5) is 4.79 Å². The second-order valence-electron chi connectivity index (χ2n) is 6.89. The van der Waals surface area contributed by atoms with Crippen LogP contribution in [0.25, 0.3) is 0 Å². The van der Waals surface area contributed by atoms with E-state index in [1.807, 2.05) is 23.1 Å². The molecule has 3 rings (SSSR count). The largest absolute Gasteiger partial charge is 0.379 e. The first-order valence-corrected chi connectivity index (χ1v) is 9.01. The number of hydrogen-bond acceptors (Lipinski definition) is 4. The number of carbonyl (C=O) groups excluding carboxylic acids is 1. The van der Waals surface area contributed by atoms with E-state index < -0.39 is 0 Å². The first-order chi connectivity index (χ1) is 12.2. The topological polar surface area (TPSA) is 68.6 Å². The molecule has 0 radical (unpaired) electrons. The Kier molecular flexibility index (Phi) is 5.90. The van der Waals surface area contributed by atoms with Crippen LogP contribution < -0.4 is 5.32 Å². The molecule has 6 heteroatoms. The van der Waals surface area contributed by atoms with E-state index in [9.17, 15) is 4.79 Å². The minimum atomic E-state index is 0.0130. The minimum absolute atomic E-state index is 0.0130. The van der Waals surface area contributed by atoms with Crippen LogP contribution in [0.5, 0.6) is 0 Å². The van der Waals surface area contributed by atoms with Gasteiger partial charge in [0, 0.05) is 38.8 Å². The Morgan fingerprint density at radius 2 is 2.16 bits per heavy atom. The van der Waals surface area contributed by atoms with E-state index >= 15 is 0 Å². The number of hydrogen-bond donors (Lipinski definition) is 1. The molecule has 0 unspecified atom stereocenters. The third kappa shape index (κ3) is 4.50. The van der Waals surface area contributed by atoms with Gasteiger partial charge in [-0.2, -0.15) is 5.26 Å². The number of likely N-dealkylation sites (tertiary alicyclic amines) is 1. The molecule has 1 N–H and O–H groups in total. The fourth-order valence-electron chi connectivity index (χ4n) is 3.72. The molecule has 0 spiro atoms. The Labute approximate surface area is 149 Å². The fourth-order valence-corrected chi connectivity index (χ4v) is 3.72. The lowest BCUT2D eigenvalue weighted by atomic mass is 10.0. The molecule has 2 saturated heterocycles. The minimum Gasteiger partial charge on any atom is -0.379 e. The predicted octanol–water partition coefficient (Wildman–Crippen LogP) is 1.46. The summed E-state index contributed by atoms with van der Waals surface area (Å²) in [5.74, 6) is 0.483. The van der Waals surface area contributed by atoms with Gasteiger partial charge in [-0.05, 0) is 30.0 Å². The summed E-state index contributed by atoms with van der Waals surface area (Å²) < 4.78 is 5.43. The van der Waals surface area contributed by atoms with Crippen LogP contribution in [0.3, 0.4) is 0 Å². The molecule has 2 amide bonds. The first-order valence-electron chi connectivity index (χ1n) is 9.01. The summed E-state index contributed by atoms with van der Waals surface area (Å²) in [7, 11) is 0. The number of nitrogens with one attached hydrogen (secondary N) is 1. The molecule has 0 aliphatic carbocycles. The first kappa shape index (κ1) is 17.7. The van der Waals surface area contributed by atoms with Gasteiger partial charge >= 0.3 is 6.03 Å². The molecule has 2 fully saturated rings. The Hall–Kier alpha value is -2.10. The maximum absolute atomic E-state index is 12.5.